The lowest BCUT2D eigenvalue weighted by Gasteiger charge is -2.42. The number of halogens is 1. The number of nitrogens with zero attached hydrogens (tertiary/aromatic N) is 3. The van der Waals surface area contributed by atoms with Crippen LogP contribution in [0.4, 0.5) is 0 Å². The van der Waals surface area contributed by atoms with Gasteiger partial charge in [0.2, 0.25) is 5.91 Å². The summed E-state index contributed by atoms with van der Waals surface area (Å²) in [6, 6.07) is 0.0102. The first-order valence-electron chi connectivity index (χ1n) is 7.97. The summed E-state index contributed by atoms with van der Waals surface area (Å²) in [6.07, 6.45) is 0. The zero-order chi connectivity index (χ0) is 16.1. The van der Waals surface area contributed by atoms with Crippen molar-refractivity contribution in [2.24, 2.45) is 0 Å². The van der Waals surface area contributed by atoms with Crippen molar-refractivity contribution in [1.29, 1.82) is 0 Å². The number of carbonyl (C=O) groups is 2. The van der Waals surface area contributed by atoms with Crippen LogP contribution in [0.5, 0.6) is 0 Å². The van der Waals surface area contributed by atoms with E-state index in [1.54, 1.807) is 0 Å². The summed E-state index contributed by atoms with van der Waals surface area (Å²) in [5.41, 5.74) is 5.44. The van der Waals surface area contributed by atoms with E-state index in [4.69, 9.17) is 11.6 Å². The Labute approximate surface area is 136 Å². The molecule has 2 heterocycles. The third-order valence-corrected chi connectivity index (χ3v) is 4.95. The molecule has 2 amide bonds. The lowest BCUT2D eigenvalue weighted by molar-refractivity contribution is -0.132. The molecule has 0 bridgehead atoms. The van der Waals surface area contributed by atoms with E-state index in [2.05, 4.69) is 20.7 Å². The number of alkyl halides is 1. The minimum atomic E-state index is -0.523. The maximum Gasteiger partial charge on any atom is 0.253 e. The molecular formula is C14H26ClN5O2. The summed E-state index contributed by atoms with van der Waals surface area (Å²) >= 11 is 6.20. The molecular weight excluding hydrogens is 306 g/mol. The molecule has 0 aromatic rings. The Morgan fingerprint density at radius 3 is 2.50 bits per heavy atom. The van der Waals surface area contributed by atoms with Crippen LogP contribution in [-0.2, 0) is 9.59 Å². The average Bonchev–Trinajstić information content (AvgIpc) is 2.52. The van der Waals surface area contributed by atoms with E-state index in [9.17, 15) is 9.59 Å². The molecule has 0 saturated carbocycles. The second-order valence-corrected chi connectivity index (χ2v) is 6.19. The number of hydrogen-bond donors (Lipinski definition) is 2. The van der Waals surface area contributed by atoms with E-state index >= 15 is 0 Å². The summed E-state index contributed by atoms with van der Waals surface area (Å²) < 4.78 is 0. The van der Waals surface area contributed by atoms with Crippen LogP contribution in [0.3, 0.4) is 0 Å². The standard InChI is InChI=1S/C14H26ClN5O2/c1-3-19(4-2)12(21)10-18-5-7-20(8-6-18)11-9-16-17-14(22)13(11)15/h11,13,16H,3-10H2,1-2H3,(H,17,22). The van der Waals surface area contributed by atoms with E-state index in [1.165, 1.54) is 0 Å². The molecule has 2 atom stereocenters. The molecule has 8 heteroatoms. The SMILES string of the molecule is CCN(CC)C(=O)CN1CCN(C2CNNC(=O)C2Cl)CC1. The van der Waals surface area contributed by atoms with Gasteiger partial charge in [0, 0.05) is 51.9 Å². The number of nitrogens with one attached hydrogen (secondary N) is 2. The van der Waals surface area contributed by atoms with Gasteiger partial charge in [-0.25, -0.2) is 5.43 Å². The normalized spacial score (nSPS) is 27.5. The van der Waals surface area contributed by atoms with Gasteiger partial charge in [0.25, 0.3) is 5.91 Å². The number of hydrazine groups is 1. The molecule has 2 aliphatic rings. The van der Waals surface area contributed by atoms with Gasteiger partial charge in [-0.2, -0.15) is 0 Å². The van der Waals surface area contributed by atoms with Crippen molar-refractivity contribution < 1.29 is 9.59 Å². The first kappa shape index (κ1) is 17.5. The Hall–Kier alpha value is -0.890. The van der Waals surface area contributed by atoms with Gasteiger partial charge in [0.15, 0.2) is 0 Å². The molecule has 2 N–H and O–H groups in total. The summed E-state index contributed by atoms with van der Waals surface area (Å²) in [6.45, 7) is 9.95. The molecule has 0 radical (unpaired) electrons. The van der Waals surface area contributed by atoms with Gasteiger partial charge in [-0.1, -0.05) is 0 Å². The van der Waals surface area contributed by atoms with Crippen LogP contribution in [0.25, 0.3) is 0 Å². The summed E-state index contributed by atoms with van der Waals surface area (Å²) in [4.78, 5) is 30.0. The summed E-state index contributed by atoms with van der Waals surface area (Å²) in [7, 11) is 0. The smallest absolute Gasteiger partial charge is 0.253 e. The van der Waals surface area contributed by atoms with Crippen molar-refractivity contribution in [2.75, 3.05) is 52.4 Å². The fourth-order valence-corrected chi connectivity index (χ4v) is 3.33. The number of carbonyl (C=O) groups excluding carboxylic acids is 2. The first-order valence-corrected chi connectivity index (χ1v) is 8.41. The van der Waals surface area contributed by atoms with Crippen LogP contribution in [-0.4, -0.2) is 90.3 Å². The maximum atomic E-state index is 12.1. The van der Waals surface area contributed by atoms with Crippen molar-refractivity contribution in [3.63, 3.8) is 0 Å². The average molecular weight is 332 g/mol. The molecule has 2 unspecified atom stereocenters. The van der Waals surface area contributed by atoms with Crippen LogP contribution in [0.15, 0.2) is 0 Å². The second-order valence-electron chi connectivity index (χ2n) is 5.72. The Bertz CT molecular complexity index is 397. The van der Waals surface area contributed by atoms with Crippen molar-refractivity contribution in [3.8, 4) is 0 Å². The van der Waals surface area contributed by atoms with Gasteiger partial charge in [-0.15, -0.1) is 11.6 Å². The van der Waals surface area contributed by atoms with Crippen LogP contribution >= 0.6 is 11.6 Å². The highest BCUT2D eigenvalue weighted by molar-refractivity contribution is 6.31. The lowest BCUT2D eigenvalue weighted by atomic mass is 10.1. The van der Waals surface area contributed by atoms with Crippen molar-refractivity contribution in [2.45, 2.75) is 25.3 Å². The van der Waals surface area contributed by atoms with Crippen LogP contribution in [0.1, 0.15) is 13.8 Å². The highest BCUT2D eigenvalue weighted by Crippen LogP contribution is 2.15. The fourth-order valence-electron chi connectivity index (χ4n) is 3.02. The van der Waals surface area contributed by atoms with Gasteiger partial charge >= 0.3 is 0 Å². The minimum absolute atomic E-state index is 0.0102. The first-order chi connectivity index (χ1) is 10.6. The van der Waals surface area contributed by atoms with E-state index in [1.807, 2.05) is 18.7 Å². The third-order valence-electron chi connectivity index (χ3n) is 4.46. The predicted octanol–water partition coefficient (Wildman–Crippen LogP) is -0.917. The molecule has 2 fully saturated rings. The maximum absolute atomic E-state index is 12.1. The highest BCUT2D eigenvalue weighted by Gasteiger charge is 2.36. The van der Waals surface area contributed by atoms with Gasteiger partial charge in [0.1, 0.15) is 5.38 Å². The number of piperazine rings is 1. The quantitative estimate of drug-likeness (QED) is 0.638. The van der Waals surface area contributed by atoms with Gasteiger partial charge < -0.3 is 4.90 Å². The number of likely N-dealkylation sites (N-methyl/N-ethyl adjacent to an activating group) is 1. The van der Waals surface area contributed by atoms with Gasteiger partial charge in [-0.3, -0.25) is 24.8 Å². The van der Waals surface area contributed by atoms with Gasteiger partial charge in [0.05, 0.1) is 6.54 Å². The van der Waals surface area contributed by atoms with E-state index in [0.717, 1.165) is 39.3 Å². The largest absolute Gasteiger partial charge is 0.342 e. The van der Waals surface area contributed by atoms with Crippen LogP contribution < -0.4 is 10.9 Å². The molecule has 0 spiro atoms. The molecule has 22 heavy (non-hydrogen) atoms. The minimum Gasteiger partial charge on any atom is -0.342 e. The molecule has 7 nitrogen and oxygen atoms in total. The van der Waals surface area contributed by atoms with Crippen molar-refractivity contribution in [3.05, 3.63) is 0 Å². The Morgan fingerprint density at radius 1 is 1.27 bits per heavy atom. The van der Waals surface area contributed by atoms with E-state index in [0.29, 0.717) is 13.1 Å². The van der Waals surface area contributed by atoms with E-state index in [-0.39, 0.29) is 17.9 Å². The lowest BCUT2D eigenvalue weighted by Crippen LogP contribution is -2.64. The topological polar surface area (TPSA) is 67.9 Å². The van der Waals surface area contributed by atoms with E-state index < -0.39 is 5.38 Å². The van der Waals surface area contributed by atoms with Crippen molar-refractivity contribution in [1.82, 2.24) is 25.6 Å². The molecule has 0 aromatic carbocycles. The van der Waals surface area contributed by atoms with Crippen LogP contribution in [0.2, 0.25) is 0 Å². The highest BCUT2D eigenvalue weighted by atomic mass is 35.5. The van der Waals surface area contributed by atoms with Crippen molar-refractivity contribution >= 4 is 23.4 Å². The molecule has 2 rings (SSSR count). The Kier molecular flexibility index (Phi) is 6.43. The van der Waals surface area contributed by atoms with Crippen LogP contribution in [0, 0.1) is 0 Å². The van der Waals surface area contributed by atoms with Gasteiger partial charge in [-0.05, 0) is 13.8 Å². The molecule has 2 saturated heterocycles. The fraction of sp³-hybridized carbons (Fsp3) is 0.857. The third kappa shape index (κ3) is 4.10. The number of amides is 2. The summed E-state index contributed by atoms with van der Waals surface area (Å²) in [5.74, 6) is 0.0180. The molecule has 126 valence electrons. The number of rotatable bonds is 5. The molecule has 0 aromatic heterocycles. The molecule has 2 aliphatic heterocycles. The second kappa shape index (κ2) is 8.10. The monoisotopic (exact) mass is 331 g/mol. The predicted molar refractivity (Wildman–Crippen MR) is 85.5 cm³/mol. The Morgan fingerprint density at radius 2 is 1.91 bits per heavy atom. The molecule has 0 aliphatic carbocycles. The number of hydrogen-bond acceptors (Lipinski definition) is 5. The summed E-state index contributed by atoms with van der Waals surface area (Å²) in [5, 5.41) is -0.523. The Balaban J connectivity index is 1.80. The zero-order valence-corrected chi connectivity index (χ0v) is 14.1. The zero-order valence-electron chi connectivity index (χ0n) is 13.3.